The highest BCUT2D eigenvalue weighted by atomic mass is 32.1. The van der Waals surface area contributed by atoms with Crippen molar-refractivity contribution in [3.63, 3.8) is 0 Å². The summed E-state index contributed by atoms with van der Waals surface area (Å²) in [5.74, 6) is -1.17. The Morgan fingerprint density at radius 2 is 1.79 bits per heavy atom. The first kappa shape index (κ1) is 16.0. The van der Waals surface area contributed by atoms with Gasteiger partial charge >= 0.3 is 11.9 Å². The fraction of sp³-hybridized carbons (Fsp3) is 0.111. The zero-order valence-electron chi connectivity index (χ0n) is 13.0. The minimum Gasteiger partial charge on any atom is -0.497 e. The van der Waals surface area contributed by atoms with Gasteiger partial charge in [0.2, 0.25) is 0 Å². The van der Waals surface area contributed by atoms with Gasteiger partial charge in [0.25, 0.3) is 0 Å². The van der Waals surface area contributed by atoms with Crippen LogP contribution in [0.5, 0.6) is 5.75 Å². The van der Waals surface area contributed by atoms with Crippen LogP contribution in [0.3, 0.4) is 0 Å². The summed E-state index contributed by atoms with van der Waals surface area (Å²) in [4.78, 5) is 24.0. The van der Waals surface area contributed by atoms with Crippen molar-refractivity contribution in [1.82, 2.24) is 0 Å². The molecular weight excluding hydrogens is 328 g/mol. The fourth-order valence-corrected chi connectivity index (χ4v) is 3.49. The third-order valence-corrected chi connectivity index (χ3v) is 4.62. The average Bonchev–Trinajstić information content (AvgIpc) is 3.07. The van der Waals surface area contributed by atoms with Crippen LogP contribution in [0.15, 0.2) is 41.8 Å². The molecule has 0 amide bonds. The summed E-state index contributed by atoms with van der Waals surface area (Å²) >= 11 is 1.42. The first-order valence-electron chi connectivity index (χ1n) is 7.07. The molecule has 3 rings (SSSR count). The van der Waals surface area contributed by atoms with Crippen LogP contribution in [0.2, 0.25) is 0 Å². The van der Waals surface area contributed by atoms with Crippen LogP contribution in [-0.4, -0.2) is 31.3 Å². The van der Waals surface area contributed by atoms with Gasteiger partial charge in [0.1, 0.15) is 5.75 Å². The van der Waals surface area contributed by atoms with E-state index in [0.29, 0.717) is 11.3 Å². The van der Waals surface area contributed by atoms with E-state index < -0.39 is 11.9 Å². The Morgan fingerprint density at radius 3 is 2.38 bits per heavy atom. The summed E-state index contributed by atoms with van der Waals surface area (Å²) in [7, 11) is 2.81. The topological polar surface area (TPSA) is 72.8 Å². The van der Waals surface area contributed by atoms with Gasteiger partial charge in [0.15, 0.2) is 0 Å². The monoisotopic (exact) mass is 342 g/mol. The van der Waals surface area contributed by atoms with Crippen LogP contribution in [0.4, 0.5) is 0 Å². The number of carbonyl (C=O) groups excluding carboxylic acids is 1. The summed E-state index contributed by atoms with van der Waals surface area (Å²) in [6.45, 7) is 0. The molecule has 6 heteroatoms. The number of methoxy groups -OCH3 is 2. The van der Waals surface area contributed by atoms with Crippen LogP contribution in [0, 0.1) is 0 Å². The number of carboxylic acid groups (broad SMARTS) is 1. The molecule has 0 saturated heterocycles. The quantitative estimate of drug-likeness (QED) is 0.724. The summed E-state index contributed by atoms with van der Waals surface area (Å²) in [5, 5.41) is 12.2. The Kier molecular flexibility index (Phi) is 4.22. The molecule has 0 aliphatic rings. The number of ether oxygens (including phenoxy) is 2. The predicted molar refractivity (Wildman–Crippen MR) is 92.1 cm³/mol. The van der Waals surface area contributed by atoms with Crippen LogP contribution < -0.4 is 4.74 Å². The standard InChI is InChI=1S/C18H14O5S/c1-22-11-5-3-10(4-6-11)15-12-7-8-24-14(12)9-13(17(19)20)16(15)18(21)23-2/h3-9H,1-2H3,(H,19,20). The van der Waals surface area contributed by atoms with E-state index in [0.717, 1.165) is 15.6 Å². The zero-order valence-corrected chi connectivity index (χ0v) is 13.8. The second-order valence-electron chi connectivity index (χ2n) is 5.03. The van der Waals surface area contributed by atoms with Crippen molar-refractivity contribution in [2.45, 2.75) is 0 Å². The van der Waals surface area contributed by atoms with Gasteiger partial charge in [0.05, 0.1) is 25.3 Å². The summed E-state index contributed by atoms with van der Waals surface area (Å²) in [6, 6.07) is 10.5. The lowest BCUT2D eigenvalue weighted by Crippen LogP contribution is -2.12. The Balaban J connectivity index is 2.39. The molecule has 1 heterocycles. The van der Waals surface area contributed by atoms with Crippen LogP contribution in [-0.2, 0) is 4.74 Å². The minimum absolute atomic E-state index is 0.0565. The summed E-state index contributed by atoms with van der Waals surface area (Å²) < 4.78 is 10.8. The van der Waals surface area contributed by atoms with Gasteiger partial charge in [-0.25, -0.2) is 9.59 Å². The number of rotatable bonds is 4. The van der Waals surface area contributed by atoms with Gasteiger partial charge in [-0.2, -0.15) is 0 Å². The molecule has 24 heavy (non-hydrogen) atoms. The van der Waals surface area contributed by atoms with E-state index in [4.69, 9.17) is 9.47 Å². The molecule has 1 N–H and O–H groups in total. The van der Waals surface area contributed by atoms with E-state index in [1.54, 1.807) is 31.4 Å². The van der Waals surface area contributed by atoms with Crippen molar-refractivity contribution >= 4 is 33.4 Å². The minimum atomic E-state index is -1.17. The highest BCUT2D eigenvalue weighted by Crippen LogP contribution is 2.38. The highest BCUT2D eigenvalue weighted by molar-refractivity contribution is 7.17. The third-order valence-electron chi connectivity index (χ3n) is 3.76. The first-order chi connectivity index (χ1) is 11.6. The van der Waals surface area contributed by atoms with Gasteiger partial charge in [-0.05, 0) is 35.2 Å². The van der Waals surface area contributed by atoms with E-state index in [-0.39, 0.29) is 11.1 Å². The van der Waals surface area contributed by atoms with E-state index in [2.05, 4.69) is 0 Å². The number of aromatic carboxylic acids is 1. The van der Waals surface area contributed by atoms with Gasteiger partial charge in [0, 0.05) is 15.6 Å². The molecule has 0 spiro atoms. The number of fused-ring (bicyclic) bond motifs is 1. The number of carboxylic acids is 1. The number of hydrogen-bond donors (Lipinski definition) is 1. The number of thiophene rings is 1. The van der Waals surface area contributed by atoms with Crippen molar-refractivity contribution in [2.75, 3.05) is 14.2 Å². The number of hydrogen-bond acceptors (Lipinski definition) is 5. The second kappa shape index (κ2) is 6.33. The molecule has 122 valence electrons. The fourth-order valence-electron chi connectivity index (χ4n) is 2.65. The Morgan fingerprint density at radius 1 is 1.08 bits per heavy atom. The largest absolute Gasteiger partial charge is 0.497 e. The van der Waals surface area contributed by atoms with Crippen molar-refractivity contribution in [3.05, 3.63) is 52.9 Å². The lowest BCUT2D eigenvalue weighted by atomic mass is 9.92. The maximum absolute atomic E-state index is 12.3. The van der Waals surface area contributed by atoms with E-state index >= 15 is 0 Å². The molecule has 2 aromatic carbocycles. The van der Waals surface area contributed by atoms with Gasteiger partial charge in [-0.1, -0.05) is 12.1 Å². The average molecular weight is 342 g/mol. The molecular formula is C18H14O5S. The molecule has 0 saturated carbocycles. The molecule has 5 nitrogen and oxygen atoms in total. The van der Waals surface area contributed by atoms with E-state index in [1.807, 2.05) is 11.4 Å². The van der Waals surface area contributed by atoms with Crippen LogP contribution in [0.1, 0.15) is 20.7 Å². The maximum Gasteiger partial charge on any atom is 0.339 e. The predicted octanol–water partition coefficient (Wildman–Crippen LogP) is 4.06. The van der Waals surface area contributed by atoms with Crippen molar-refractivity contribution in [3.8, 4) is 16.9 Å². The van der Waals surface area contributed by atoms with E-state index in [1.165, 1.54) is 24.5 Å². The molecule has 3 aromatic rings. The molecule has 0 aliphatic carbocycles. The zero-order chi connectivity index (χ0) is 17.3. The Bertz CT molecular complexity index is 924. The van der Waals surface area contributed by atoms with Gasteiger partial charge in [-0.3, -0.25) is 0 Å². The highest BCUT2D eigenvalue weighted by Gasteiger charge is 2.25. The number of benzene rings is 2. The molecule has 0 aliphatic heterocycles. The molecule has 0 fully saturated rings. The maximum atomic E-state index is 12.3. The van der Waals surface area contributed by atoms with Gasteiger partial charge < -0.3 is 14.6 Å². The smallest absolute Gasteiger partial charge is 0.339 e. The SMILES string of the molecule is COC(=O)c1c(C(=O)O)cc2sccc2c1-c1ccc(OC)cc1. The lowest BCUT2D eigenvalue weighted by Gasteiger charge is -2.13. The molecule has 1 aromatic heterocycles. The first-order valence-corrected chi connectivity index (χ1v) is 7.95. The van der Waals surface area contributed by atoms with E-state index in [9.17, 15) is 14.7 Å². The number of esters is 1. The molecule has 0 radical (unpaired) electrons. The second-order valence-corrected chi connectivity index (χ2v) is 5.98. The molecule has 0 bridgehead atoms. The van der Waals surface area contributed by atoms with Crippen molar-refractivity contribution < 1.29 is 24.2 Å². The summed E-state index contributed by atoms with van der Waals surface area (Å²) in [5.41, 5.74) is 1.27. The molecule has 0 unspecified atom stereocenters. The van der Waals surface area contributed by atoms with Crippen LogP contribution in [0.25, 0.3) is 21.2 Å². The normalized spacial score (nSPS) is 10.6. The Labute approximate surface area is 142 Å². The van der Waals surface area contributed by atoms with Gasteiger partial charge in [-0.15, -0.1) is 11.3 Å². The van der Waals surface area contributed by atoms with Crippen molar-refractivity contribution in [2.24, 2.45) is 0 Å². The van der Waals surface area contributed by atoms with Crippen LogP contribution >= 0.6 is 11.3 Å². The molecule has 0 atom stereocenters. The lowest BCUT2D eigenvalue weighted by molar-refractivity contribution is 0.0584. The Hall–Kier alpha value is -2.86. The van der Waals surface area contributed by atoms with Crippen molar-refractivity contribution in [1.29, 1.82) is 0 Å². The third kappa shape index (κ3) is 2.61. The summed E-state index contributed by atoms with van der Waals surface area (Å²) in [6.07, 6.45) is 0. The number of carbonyl (C=O) groups is 2.